The van der Waals surface area contributed by atoms with Crippen LogP contribution in [0.3, 0.4) is 0 Å². The summed E-state index contributed by atoms with van der Waals surface area (Å²) in [4.78, 5) is 25.0. The minimum atomic E-state index is 0.0285. The summed E-state index contributed by atoms with van der Waals surface area (Å²) in [7, 11) is 2.07. The number of anilines is 1. The van der Waals surface area contributed by atoms with Gasteiger partial charge in [-0.2, -0.15) is 0 Å². The Hall–Kier alpha value is -4.39. The molecule has 208 valence electrons. The van der Waals surface area contributed by atoms with Crippen LogP contribution in [0.4, 0.5) is 11.4 Å². The van der Waals surface area contributed by atoms with E-state index in [9.17, 15) is 9.90 Å². The zero-order chi connectivity index (χ0) is 28.8. The molecule has 0 fully saturated rings. The monoisotopic (exact) mass is 564 g/mol. The Morgan fingerprint density at radius 2 is 1.59 bits per heavy atom. The van der Waals surface area contributed by atoms with Crippen molar-refractivity contribution in [3.05, 3.63) is 125 Å². The molecular weight excluding hydrogens is 532 g/mol. The van der Waals surface area contributed by atoms with Crippen molar-refractivity contribution in [3.63, 3.8) is 0 Å². The van der Waals surface area contributed by atoms with E-state index in [1.54, 1.807) is 12.1 Å². The third-order valence-corrected chi connectivity index (χ3v) is 7.27. The number of fused-ring (bicyclic) bond motifs is 1. The lowest BCUT2D eigenvalue weighted by molar-refractivity contribution is -0.118. The van der Waals surface area contributed by atoms with Gasteiger partial charge in [0.1, 0.15) is 0 Å². The smallest absolute Gasteiger partial charge is 0.226 e. The van der Waals surface area contributed by atoms with Gasteiger partial charge in [0, 0.05) is 47.7 Å². The van der Waals surface area contributed by atoms with E-state index >= 15 is 0 Å². The Bertz CT molecular complexity index is 1650. The van der Waals surface area contributed by atoms with Gasteiger partial charge in [-0.1, -0.05) is 85.3 Å². The van der Waals surface area contributed by atoms with E-state index in [2.05, 4.69) is 29.1 Å². The van der Waals surface area contributed by atoms with E-state index in [0.717, 1.165) is 35.2 Å². The molecule has 0 radical (unpaired) electrons. The molecule has 1 aromatic heterocycles. The molecule has 2 N–H and O–H groups in total. The number of benzene rings is 4. The van der Waals surface area contributed by atoms with Gasteiger partial charge in [-0.25, -0.2) is 4.99 Å². The van der Waals surface area contributed by atoms with Crippen LogP contribution in [0.5, 0.6) is 5.88 Å². The predicted octanol–water partition coefficient (Wildman–Crippen LogP) is 7.57. The van der Waals surface area contributed by atoms with Crippen molar-refractivity contribution < 1.29 is 9.90 Å². The summed E-state index contributed by atoms with van der Waals surface area (Å²) in [6, 6.07) is 33.2. The zero-order valence-electron chi connectivity index (χ0n) is 23.2. The second kappa shape index (κ2) is 12.9. The Balaban J connectivity index is 1.43. The van der Waals surface area contributed by atoms with Gasteiger partial charge in [-0.3, -0.25) is 4.79 Å². The first kappa shape index (κ1) is 28.1. The van der Waals surface area contributed by atoms with Crippen LogP contribution in [-0.4, -0.2) is 46.7 Å². The maximum Gasteiger partial charge on any atom is 0.226 e. The molecule has 1 amide bonds. The van der Waals surface area contributed by atoms with Crippen molar-refractivity contribution >= 4 is 45.5 Å². The number of likely N-dealkylation sites (N-methyl/N-ethyl adjacent to an activating group) is 1. The predicted molar refractivity (Wildman–Crippen MR) is 169 cm³/mol. The number of aromatic hydroxyl groups is 1. The molecule has 1 heterocycles. The van der Waals surface area contributed by atoms with E-state index < -0.39 is 0 Å². The summed E-state index contributed by atoms with van der Waals surface area (Å²) < 4.78 is 0. The molecule has 41 heavy (non-hydrogen) atoms. The van der Waals surface area contributed by atoms with Gasteiger partial charge in [0.25, 0.3) is 0 Å². The molecule has 0 aliphatic heterocycles. The van der Waals surface area contributed by atoms with Gasteiger partial charge >= 0.3 is 0 Å². The summed E-state index contributed by atoms with van der Waals surface area (Å²) >= 11 is 6.19. The highest BCUT2D eigenvalue weighted by molar-refractivity contribution is 6.31. The number of aromatic nitrogens is 1. The van der Waals surface area contributed by atoms with Gasteiger partial charge in [0.05, 0.1) is 22.5 Å². The molecule has 0 aliphatic carbocycles. The average Bonchev–Trinajstić information content (AvgIpc) is 3.31. The fourth-order valence-electron chi connectivity index (χ4n) is 4.93. The minimum absolute atomic E-state index is 0.0285. The molecule has 7 heteroatoms. The van der Waals surface area contributed by atoms with Crippen molar-refractivity contribution in [2.45, 2.75) is 19.9 Å². The molecular formula is C34H33ClN4O2. The Morgan fingerprint density at radius 1 is 0.902 bits per heavy atom. The summed E-state index contributed by atoms with van der Waals surface area (Å²) in [5.41, 5.74) is 5.62. The SMILES string of the molecule is CCC(=O)N(CCN(C)Cc1ccccc1)c1ccc(N=C(c2ccccc2)c2c(O)[nH]c3cc(Cl)ccc23)cc1. The third-order valence-electron chi connectivity index (χ3n) is 7.03. The van der Waals surface area contributed by atoms with Crippen LogP contribution in [0.25, 0.3) is 10.9 Å². The second-order valence-corrected chi connectivity index (χ2v) is 10.4. The van der Waals surface area contributed by atoms with Crippen LogP contribution in [0.2, 0.25) is 5.02 Å². The largest absolute Gasteiger partial charge is 0.494 e. The maximum absolute atomic E-state index is 12.9. The van der Waals surface area contributed by atoms with Crippen LogP contribution in [0, 0.1) is 0 Å². The van der Waals surface area contributed by atoms with Gasteiger partial charge in [-0.15, -0.1) is 0 Å². The Labute approximate surface area is 245 Å². The summed E-state index contributed by atoms with van der Waals surface area (Å²) in [5, 5.41) is 12.3. The number of aliphatic imine (C=N–C) groups is 1. The van der Waals surface area contributed by atoms with Crippen LogP contribution < -0.4 is 4.90 Å². The third kappa shape index (κ3) is 6.68. The highest BCUT2D eigenvalue weighted by Gasteiger charge is 2.19. The molecule has 0 unspecified atom stereocenters. The fourth-order valence-corrected chi connectivity index (χ4v) is 5.10. The number of carbonyl (C=O) groups excluding carboxylic acids is 1. The van der Waals surface area contributed by atoms with Gasteiger partial charge in [0.15, 0.2) is 5.88 Å². The molecule has 0 saturated heterocycles. The second-order valence-electron chi connectivity index (χ2n) is 10.0. The first-order valence-corrected chi connectivity index (χ1v) is 14.1. The lowest BCUT2D eigenvalue weighted by Gasteiger charge is -2.26. The van der Waals surface area contributed by atoms with Crippen molar-refractivity contribution in [2.24, 2.45) is 4.99 Å². The number of aromatic amines is 1. The van der Waals surface area contributed by atoms with Crippen molar-refractivity contribution in [2.75, 3.05) is 25.0 Å². The van der Waals surface area contributed by atoms with Gasteiger partial charge < -0.3 is 19.9 Å². The number of amides is 1. The van der Waals surface area contributed by atoms with Crippen molar-refractivity contribution in [3.8, 4) is 5.88 Å². The first-order chi connectivity index (χ1) is 19.9. The van der Waals surface area contributed by atoms with E-state index in [1.807, 2.05) is 90.7 Å². The summed E-state index contributed by atoms with van der Waals surface area (Å²) in [6.45, 7) is 4.02. The molecule has 0 atom stereocenters. The van der Waals surface area contributed by atoms with Crippen LogP contribution in [0.15, 0.2) is 108 Å². The lowest BCUT2D eigenvalue weighted by atomic mass is 10.0. The van der Waals surface area contributed by atoms with Crippen molar-refractivity contribution in [1.82, 2.24) is 9.88 Å². The normalized spacial score (nSPS) is 11.8. The maximum atomic E-state index is 12.9. The number of rotatable bonds is 10. The van der Waals surface area contributed by atoms with Crippen LogP contribution >= 0.6 is 11.6 Å². The molecule has 0 bridgehead atoms. The van der Waals surface area contributed by atoms with Crippen LogP contribution in [0.1, 0.15) is 30.0 Å². The summed E-state index contributed by atoms with van der Waals surface area (Å²) in [6.07, 6.45) is 0.421. The van der Waals surface area contributed by atoms with Crippen molar-refractivity contribution in [1.29, 1.82) is 0 Å². The Morgan fingerprint density at radius 3 is 2.27 bits per heavy atom. The van der Waals surface area contributed by atoms with E-state index in [0.29, 0.717) is 35.0 Å². The number of nitrogens with one attached hydrogen (secondary N) is 1. The molecule has 5 rings (SSSR count). The van der Waals surface area contributed by atoms with E-state index in [-0.39, 0.29) is 11.8 Å². The van der Waals surface area contributed by atoms with E-state index in [4.69, 9.17) is 16.6 Å². The number of nitrogens with zero attached hydrogens (tertiary/aromatic N) is 3. The van der Waals surface area contributed by atoms with Gasteiger partial charge in [0.2, 0.25) is 5.91 Å². The fraction of sp³-hybridized carbons (Fsp3) is 0.176. The zero-order valence-corrected chi connectivity index (χ0v) is 24.0. The number of halogens is 1. The topological polar surface area (TPSA) is 71.9 Å². The lowest BCUT2D eigenvalue weighted by Crippen LogP contribution is -2.37. The first-order valence-electron chi connectivity index (χ1n) is 13.7. The quantitative estimate of drug-likeness (QED) is 0.172. The number of carbonyl (C=O) groups is 1. The molecule has 0 saturated carbocycles. The number of H-pyrrole nitrogens is 1. The molecule has 0 aliphatic rings. The number of hydrogen-bond donors (Lipinski definition) is 2. The van der Waals surface area contributed by atoms with Crippen LogP contribution in [-0.2, 0) is 11.3 Å². The highest BCUT2D eigenvalue weighted by Crippen LogP contribution is 2.33. The molecule has 4 aromatic carbocycles. The molecule has 6 nitrogen and oxygen atoms in total. The molecule has 0 spiro atoms. The van der Waals surface area contributed by atoms with Gasteiger partial charge in [-0.05, 0) is 49.0 Å². The Kier molecular flexibility index (Phi) is 8.82. The summed E-state index contributed by atoms with van der Waals surface area (Å²) in [5.74, 6) is 0.0996. The number of hydrogen-bond acceptors (Lipinski definition) is 4. The van der Waals surface area contributed by atoms with E-state index in [1.165, 1.54) is 5.56 Å². The standard InChI is InChI=1S/C34H33ClN4O2/c1-3-31(40)39(21-20-38(2)23-24-10-6-4-7-11-24)28-17-15-27(16-18-28)36-33(25-12-8-5-9-13-25)32-29-19-14-26(35)22-30(29)37-34(32)41/h4-19,22,37,41H,3,20-21,23H2,1-2H3. The highest BCUT2D eigenvalue weighted by atomic mass is 35.5. The minimum Gasteiger partial charge on any atom is -0.494 e. The average molecular weight is 565 g/mol. The molecule has 5 aromatic rings.